The first kappa shape index (κ1) is 23.6. The average Bonchev–Trinajstić information content (AvgIpc) is 2.75. The molecule has 0 heterocycles. The summed E-state index contributed by atoms with van der Waals surface area (Å²) in [5.74, 6) is -1.66. The number of benzene rings is 2. The van der Waals surface area contributed by atoms with Crippen molar-refractivity contribution in [1.29, 1.82) is 0 Å². The Morgan fingerprint density at radius 2 is 1.55 bits per heavy atom. The van der Waals surface area contributed by atoms with Crippen molar-refractivity contribution in [3.63, 3.8) is 0 Å². The summed E-state index contributed by atoms with van der Waals surface area (Å²) in [4.78, 5) is 48.1. The number of carbonyl (C=O) groups is 4. The van der Waals surface area contributed by atoms with E-state index in [1.54, 1.807) is 24.3 Å². The molecule has 0 aliphatic carbocycles. The summed E-state index contributed by atoms with van der Waals surface area (Å²) in [7, 11) is 0. The van der Waals surface area contributed by atoms with Gasteiger partial charge in [0.1, 0.15) is 6.54 Å². The van der Waals surface area contributed by atoms with E-state index in [2.05, 4.69) is 16.0 Å². The lowest BCUT2D eigenvalue weighted by Gasteiger charge is -2.12. The number of amides is 3. The van der Waals surface area contributed by atoms with E-state index in [9.17, 15) is 19.2 Å². The lowest BCUT2D eigenvalue weighted by Crippen LogP contribution is -2.33. The Hall–Kier alpha value is -3.68. The van der Waals surface area contributed by atoms with Crippen molar-refractivity contribution >= 4 is 29.4 Å². The lowest BCUT2D eigenvalue weighted by molar-refractivity contribution is -0.147. The van der Waals surface area contributed by atoms with Crippen molar-refractivity contribution in [1.82, 2.24) is 10.6 Å². The highest BCUT2D eigenvalue weighted by molar-refractivity contribution is 6.04. The van der Waals surface area contributed by atoms with Crippen LogP contribution in [0.15, 0.2) is 54.6 Å². The van der Waals surface area contributed by atoms with Gasteiger partial charge in [-0.15, -0.1) is 0 Å². The normalized spacial score (nSPS) is 10.3. The molecule has 0 spiro atoms. The molecule has 0 saturated heterocycles. The molecular weight excluding hydrogens is 398 g/mol. The van der Waals surface area contributed by atoms with Crippen LogP contribution in [0.3, 0.4) is 0 Å². The van der Waals surface area contributed by atoms with Gasteiger partial charge in [0, 0.05) is 6.54 Å². The van der Waals surface area contributed by atoms with Gasteiger partial charge in [0.15, 0.2) is 6.61 Å². The third kappa shape index (κ3) is 8.69. The Morgan fingerprint density at radius 1 is 0.871 bits per heavy atom. The molecule has 0 atom stereocenters. The minimum Gasteiger partial charge on any atom is -0.454 e. The van der Waals surface area contributed by atoms with Crippen LogP contribution in [0.4, 0.5) is 5.69 Å². The Labute approximate surface area is 181 Å². The van der Waals surface area contributed by atoms with Gasteiger partial charge in [0.2, 0.25) is 5.91 Å². The number of ether oxygens (including phenoxy) is 1. The Balaban J connectivity index is 1.77. The van der Waals surface area contributed by atoms with Gasteiger partial charge in [-0.1, -0.05) is 56.3 Å². The van der Waals surface area contributed by atoms with E-state index in [0.29, 0.717) is 23.7 Å². The summed E-state index contributed by atoms with van der Waals surface area (Å²) in [6, 6.07) is 15.7. The molecule has 0 bridgehead atoms. The van der Waals surface area contributed by atoms with E-state index in [4.69, 9.17) is 4.74 Å². The number of esters is 1. The molecule has 0 unspecified atom stereocenters. The third-order valence-corrected chi connectivity index (χ3v) is 4.12. The summed E-state index contributed by atoms with van der Waals surface area (Å²) in [6.07, 6.45) is 0.143. The van der Waals surface area contributed by atoms with E-state index in [-0.39, 0.29) is 24.8 Å². The summed E-state index contributed by atoms with van der Waals surface area (Å²) < 4.78 is 4.89. The van der Waals surface area contributed by atoms with E-state index >= 15 is 0 Å². The zero-order valence-corrected chi connectivity index (χ0v) is 17.6. The fourth-order valence-corrected chi connectivity index (χ4v) is 2.58. The molecular formula is C23H27N3O5. The van der Waals surface area contributed by atoms with E-state index < -0.39 is 18.5 Å². The van der Waals surface area contributed by atoms with Crippen molar-refractivity contribution in [2.24, 2.45) is 5.92 Å². The van der Waals surface area contributed by atoms with Gasteiger partial charge in [0.25, 0.3) is 11.8 Å². The van der Waals surface area contributed by atoms with Crippen LogP contribution in [0.2, 0.25) is 0 Å². The molecule has 0 radical (unpaired) electrons. The highest BCUT2D eigenvalue weighted by atomic mass is 16.5. The quantitative estimate of drug-likeness (QED) is 0.503. The second-order valence-corrected chi connectivity index (χ2v) is 7.30. The van der Waals surface area contributed by atoms with Crippen LogP contribution in [0.25, 0.3) is 0 Å². The first-order chi connectivity index (χ1) is 14.8. The number of rotatable bonds is 10. The van der Waals surface area contributed by atoms with Crippen LogP contribution in [-0.2, 0) is 25.5 Å². The largest absolute Gasteiger partial charge is 0.454 e. The molecule has 2 rings (SSSR count). The minimum absolute atomic E-state index is 0.143. The van der Waals surface area contributed by atoms with Crippen LogP contribution in [-0.4, -0.2) is 43.4 Å². The number of para-hydroxylation sites is 1. The molecule has 3 amide bonds. The maximum Gasteiger partial charge on any atom is 0.325 e. The molecule has 0 fully saturated rings. The number of nitrogens with one attached hydrogen (secondary N) is 3. The summed E-state index contributed by atoms with van der Waals surface area (Å²) in [5.41, 5.74) is 1.46. The van der Waals surface area contributed by atoms with Gasteiger partial charge in [-0.05, 0) is 23.6 Å². The summed E-state index contributed by atoms with van der Waals surface area (Å²) in [5, 5.41) is 7.81. The van der Waals surface area contributed by atoms with Crippen molar-refractivity contribution in [2.45, 2.75) is 20.3 Å². The Kier molecular flexibility index (Phi) is 9.22. The molecule has 164 valence electrons. The van der Waals surface area contributed by atoms with Crippen LogP contribution >= 0.6 is 0 Å². The number of carbonyl (C=O) groups excluding carboxylic acids is 4. The van der Waals surface area contributed by atoms with Gasteiger partial charge in [0.05, 0.1) is 17.7 Å². The van der Waals surface area contributed by atoms with E-state index in [1.807, 2.05) is 44.2 Å². The molecule has 0 aliphatic heterocycles. The third-order valence-electron chi connectivity index (χ3n) is 4.12. The molecule has 0 aromatic heterocycles. The highest BCUT2D eigenvalue weighted by Gasteiger charge is 2.15. The van der Waals surface area contributed by atoms with Crippen molar-refractivity contribution in [3.05, 3.63) is 65.7 Å². The second kappa shape index (κ2) is 12.1. The maximum absolute atomic E-state index is 12.3. The van der Waals surface area contributed by atoms with Crippen LogP contribution in [0, 0.1) is 5.92 Å². The van der Waals surface area contributed by atoms with Gasteiger partial charge < -0.3 is 20.7 Å². The van der Waals surface area contributed by atoms with Crippen LogP contribution in [0.5, 0.6) is 0 Å². The van der Waals surface area contributed by atoms with Crippen LogP contribution < -0.4 is 16.0 Å². The molecule has 3 N–H and O–H groups in total. The van der Waals surface area contributed by atoms with Crippen molar-refractivity contribution in [3.8, 4) is 0 Å². The Bertz CT molecular complexity index is 912. The predicted octanol–water partition coefficient (Wildman–Crippen LogP) is 1.91. The zero-order valence-electron chi connectivity index (χ0n) is 17.6. The maximum atomic E-state index is 12.3. The first-order valence-corrected chi connectivity index (χ1v) is 9.98. The molecule has 0 saturated carbocycles. The number of hydrogen-bond acceptors (Lipinski definition) is 5. The zero-order chi connectivity index (χ0) is 22.6. The average molecular weight is 425 g/mol. The van der Waals surface area contributed by atoms with Gasteiger partial charge in [-0.25, -0.2) is 0 Å². The molecule has 8 heteroatoms. The van der Waals surface area contributed by atoms with E-state index in [0.717, 1.165) is 5.56 Å². The molecule has 2 aromatic rings. The SMILES string of the molecule is CC(C)CNC(=O)c1ccccc1NC(=O)COC(=O)CNC(=O)Cc1ccccc1. The minimum atomic E-state index is -0.737. The van der Waals surface area contributed by atoms with Crippen molar-refractivity contribution in [2.75, 3.05) is 25.0 Å². The predicted molar refractivity (Wildman–Crippen MR) is 116 cm³/mol. The molecule has 0 aliphatic rings. The van der Waals surface area contributed by atoms with E-state index in [1.165, 1.54) is 0 Å². The highest BCUT2D eigenvalue weighted by Crippen LogP contribution is 2.15. The number of anilines is 1. The monoisotopic (exact) mass is 425 g/mol. The molecule has 8 nitrogen and oxygen atoms in total. The smallest absolute Gasteiger partial charge is 0.325 e. The molecule has 31 heavy (non-hydrogen) atoms. The summed E-state index contributed by atoms with van der Waals surface area (Å²) >= 11 is 0. The first-order valence-electron chi connectivity index (χ1n) is 9.98. The van der Waals surface area contributed by atoms with Gasteiger partial charge >= 0.3 is 5.97 Å². The molecule has 2 aromatic carbocycles. The van der Waals surface area contributed by atoms with Gasteiger partial charge in [-0.2, -0.15) is 0 Å². The fourth-order valence-electron chi connectivity index (χ4n) is 2.58. The lowest BCUT2D eigenvalue weighted by atomic mass is 10.1. The topological polar surface area (TPSA) is 114 Å². The van der Waals surface area contributed by atoms with Crippen molar-refractivity contribution < 1.29 is 23.9 Å². The second-order valence-electron chi connectivity index (χ2n) is 7.30. The van der Waals surface area contributed by atoms with Gasteiger partial charge in [-0.3, -0.25) is 19.2 Å². The fraction of sp³-hybridized carbons (Fsp3) is 0.304. The number of hydrogen-bond donors (Lipinski definition) is 3. The summed E-state index contributed by atoms with van der Waals surface area (Å²) in [6.45, 7) is 3.59. The van der Waals surface area contributed by atoms with Crippen LogP contribution in [0.1, 0.15) is 29.8 Å². The standard InChI is InChI=1S/C23H27N3O5/c1-16(2)13-25-23(30)18-10-6-7-11-19(18)26-21(28)15-31-22(29)14-24-20(27)12-17-8-4-3-5-9-17/h3-11,16H,12-15H2,1-2H3,(H,24,27)(H,25,30)(H,26,28). The Morgan fingerprint density at radius 3 is 2.26 bits per heavy atom.